The number of rotatable bonds is 4. The van der Waals surface area contributed by atoms with Gasteiger partial charge in [-0.05, 0) is 49.2 Å². The van der Waals surface area contributed by atoms with Crippen LogP contribution in [-0.2, 0) is 17.9 Å². The van der Waals surface area contributed by atoms with Gasteiger partial charge >= 0.3 is 6.03 Å². The summed E-state index contributed by atoms with van der Waals surface area (Å²) in [5.41, 5.74) is 0.818. The first kappa shape index (κ1) is 16.8. The molecule has 136 valence electrons. The second-order valence-corrected chi connectivity index (χ2v) is 6.69. The highest BCUT2D eigenvalue weighted by molar-refractivity contribution is 5.98. The van der Waals surface area contributed by atoms with E-state index in [1.165, 1.54) is 23.3 Å². The Morgan fingerprint density at radius 1 is 1.15 bits per heavy atom. The summed E-state index contributed by atoms with van der Waals surface area (Å²) in [7, 11) is 0. The van der Waals surface area contributed by atoms with Gasteiger partial charge in [-0.15, -0.1) is 0 Å². The molecule has 2 aromatic rings. The zero-order valence-corrected chi connectivity index (χ0v) is 14.2. The molecule has 2 fully saturated rings. The van der Waals surface area contributed by atoms with E-state index in [2.05, 4.69) is 5.32 Å². The number of carbonyl (C=O) groups is 2. The van der Waals surface area contributed by atoms with Gasteiger partial charge in [-0.1, -0.05) is 12.1 Å². The molecule has 6 nitrogen and oxygen atoms in total. The van der Waals surface area contributed by atoms with Crippen LogP contribution in [0.25, 0.3) is 0 Å². The lowest BCUT2D eigenvalue weighted by atomic mass is 9.91. The SMILES string of the molecule is O=C1C2CCCNC2N(Cc2ccc(F)cc2)C(=O)N1Cc1ccco1. The van der Waals surface area contributed by atoms with Gasteiger partial charge < -0.3 is 9.32 Å². The van der Waals surface area contributed by atoms with Gasteiger partial charge in [0.2, 0.25) is 5.91 Å². The first-order valence-corrected chi connectivity index (χ1v) is 8.75. The Labute approximate surface area is 150 Å². The number of imide groups is 1. The fourth-order valence-corrected chi connectivity index (χ4v) is 3.68. The third-order valence-corrected chi connectivity index (χ3v) is 4.98. The number of nitrogens with one attached hydrogen (secondary N) is 1. The summed E-state index contributed by atoms with van der Waals surface area (Å²) in [5, 5.41) is 3.30. The molecular formula is C19H20FN3O3. The number of amides is 3. The largest absolute Gasteiger partial charge is 0.467 e. The highest BCUT2D eigenvalue weighted by Crippen LogP contribution is 2.30. The molecule has 2 aliphatic heterocycles. The van der Waals surface area contributed by atoms with Crippen LogP contribution in [-0.4, -0.2) is 34.4 Å². The Morgan fingerprint density at radius 2 is 1.96 bits per heavy atom. The lowest BCUT2D eigenvalue weighted by Crippen LogP contribution is -2.66. The molecule has 2 unspecified atom stereocenters. The van der Waals surface area contributed by atoms with Gasteiger partial charge in [0.25, 0.3) is 0 Å². The van der Waals surface area contributed by atoms with Gasteiger partial charge in [-0.3, -0.25) is 15.0 Å². The third-order valence-electron chi connectivity index (χ3n) is 4.98. The fraction of sp³-hybridized carbons (Fsp3) is 0.368. The van der Waals surface area contributed by atoms with Gasteiger partial charge in [0.05, 0.1) is 24.9 Å². The number of piperidine rings is 1. The molecule has 3 amide bonds. The topological polar surface area (TPSA) is 65.8 Å². The smallest absolute Gasteiger partial charge is 0.328 e. The summed E-state index contributed by atoms with van der Waals surface area (Å²) in [6, 6.07) is 9.20. The van der Waals surface area contributed by atoms with E-state index in [1.807, 2.05) is 0 Å². The second-order valence-electron chi connectivity index (χ2n) is 6.69. The van der Waals surface area contributed by atoms with Gasteiger partial charge in [0.15, 0.2) is 0 Å². The van der Waals surface area contributed by atoms with Crippen molar-refractivity contribution in [3.8, 4) is 0 Å². The van der Waals surface area contributed by atoms with E-state index in [1.54, 1.807) is 29.2 Å². The van der Waals surface area contributed by atoms with Gasteiger partial charge in [-0.2, -0.15) is 0 Å². The lowest BCUT2D eigenvalue weighted by Gasteiger charge is -2.47. The van der Waals surface area contributed by atoms with E-state index in [4.69, 9.17) is 4.42 Å². The number of carbonyl (C=O) groups excluding carboxylic acids is 2. The molecule has 1 N–H and O–H groups in total. The van der Waals surface area contributed by atoms with E-state index < -0.39 is 0 Å². The predicted octanol–water partition coefficient (Wildman–Crippen LogP) is 2.71. The van der Waals surface area contributed by atoms with Gasteiger partial charge in [0, 0.05) is 6.54 Å². The third kappa shape index (κ3) is 3.10. The van der Waals surface area contributed by atoms with Crippen LogP contribution in [0.1, 0.15) is 24.2 Å². The number of urea groups is 1. The lowest BCUT2D eigenvalue weighted by molar-refractivity contribution is -0.142. The standard InChI is InChI=1S/C19H20FN3O3/c20-14-7-5-13(6-8-14)11-22-17-16(4-1-9-21-17)18(24)23(19(22)25)12-15-3-2-10-26-15/h2-3,5-8,10,16-17,21H,1,4,9,11-12H2. The zero-order chi connectivity index (χ0) is 18.1. The number of furan rings is 1. The van der Waals surface area contributed by atoms with Crippen LogP contribution in [0.3, 0.4) is 0 Å². The van der Waals surface area contributed by atoms with Crippen LogP contribution < -0.4 is 5.32 Å². The average molecular weight is 357 g/mol. The Hall–Kier alpha value is -2.67. The molecular weight excluding hydrogens is 337 g/mol. The molecule has 0 spiro atoms. The van der Waals surface area contributed by atoms with Crippen molar-refractivity contribution in [3.63, 3.8) is 0 Å². The van der Waals surface area contributed by atoms with Crippen LogP contribution in [0, 0.1) is 11.7 Å². The molecule has 1 aromatic heterocycles. The average Bonchev–Trinajstić information content (AvgIpc) is 3.17. The molecule has 0 aliphatic carbocycles. The summed E-state index contributed by atoms with van der Waals surface area (Å²) in [4.78, 5) is 28.9. The molecule has 1 aromatic carbocycles. The van der Waals surface area contributed by atoms with Crippen molar-refractivity contribution in [3.05, 3.63) is 59.8 Å². The molecule has 0 bridgehead atoms. The van der Waals surface area contributed by atoms with Crippen molar-refractivity contribution >= 4 is 11.9 Å². The molecule has 26 heavy (non-hydrogen) atoms. The molecule has 2 saturated heterocycles. The van der Waals surface area contributed by atoms with E-state index in [0.29, 0.717) is 12.3 Å². The highest BCUT2D eigenvalue weighted by atomic mass is 19.1. The van der Waals surface area contributed by atoms with Crippen molar-refractivity contribution in [2.75, 3.05) is 6.54 Å². The number of nitrogens with zero attached hydrogens (tertiary/aromatic N) is 2. The second kappa shape index (κ2) is 6.92. The van der Waals surface area contributed by atoms with Crippen LogP contribution in [0.15, 0.2) is 47.1 Å². The number of hydrogen-bond acceptors (Lipinski definition) is 4. The van der Waals surface area contributed by atoms with Crippen molar-refractivity contribution in [1.29, 1.82) is 0 Å². The first-order valence-electron chi connectivity index (χ1n) is 8.75. The predicted molar refractivity (Wildman–Crippen MR) is 91.1 cm³/mol. The fourth-order valence-electron chi connectivity index (χ4n) is 3.68. The Bertz CT molecular complexity index is 791. The number of benzene rings is 1. The van der Waals surface area contributed by atoms with Crippen molar-refractivity contribution in [1.82, 2.24) is 15.1 Å². The van der Waals surface area contributed by atoms with Crippen molar-refractivity contribution < 1.29 is 18.4 Å². The number of halogens is 1. The van der Waals surface area contributed by atoms with Crippen molar-refractivity contribution in [2.24, 2.45) is 5.92 Å². The minimum absolute atomic E-state index is 0.119. The molecule has 0 radical (unpaired) electrons. The maximum atomic E-state index is 13.2. The minimum atomic E-state index is -0.355. The van der Waals surface area contributed by atoms with Crippen LogP contribution in [0.2, 0.25) is 0 Å². The normalized spacial score (nSPS) is 23.3. The van der Waals surface area contributed by atoms with Gasteiger partial charge in [0.1, 0.15) is 11.6 Å². The Balaban J connectivity index is 1.62. The summed E-state index contributed by atoms with van der Waals surface area (Å²) in [6.07, 6.45) is 2.81. The first-order chi connectivity index (χ1) is 12.6. The summed E-state index contributed by atoms with van der Waals surface area (Å²) in [5.74, 6) is -0.200. The molecule has 2 aliphatic rings. The van der Waals surface area contributed by atoms with E-state index in [-0.39, 0.29) is 36.4 Å². The molecule has 2 atom stereocenters. The van der Waals surface area contributed by atoms with Crippen LogP contribution in [0.4, 0.5) is 9.18 Å². The molecule has 0 saturated carbocycles. The van der Waals surface area contributed by atoms with Crippen molar-refractivity contribution in [2.45, 2.75) is 32.1 Å². The summed E-state index contributed by atoms with van der Waals surface area (Å²) in [6.45, 7) is 1.20. The number of hydrogen-bond donors (Lipinski definition) is 1. The van der Waals surface area contributed by atoms with Crippen LogP contribution in [0.5, 0.6) is 0 Å². The summed E-state index contributed by atoms with van der Waals surface area (Å²) >= 11 is 0. The Morgan fingerprint density at radius 3 is 2.69 bits per heavy atom. The van der Waals surface area contributed by atoms with Crippen LogP contribution >= 0.6 is 0 Å². The van der Waals surface area contributed by atoms with E-state index in [0.717, 1.165) is 24.9 Å². The maximum absolute atomic E-state index is 13.2. The monoisotopic (exact) mass is 357 g/mol. The Kier molecular flexibility index (Phi) is 4.46. The number of fused-ring (bicyclic) bond motifs is 1. The zero-order valence-electron chi connectivity index (χ0n) is 14.2. The molecule has 3 heterocycles. The minimum Gasteiger partial charge on any atom is -0.467 e. The summed E-state index contributed by atoms with van der Waals surface area (Å²) < 4.78 is 18.5. The van der Waals surface area contributed by atoms with E-state index >= 15 is 0 Å². The molecule has 4 rings (SSSR count). The van der Waals surface area contributed by atoms with Gasteiger partial charge in [-0.25, -0.2) is 9.18 Å². The quantitative estimate of drug-likeness (QED) is 0.914. The van der Waals surface area contributed by atoms with E-state index in [9.17, 15) is 14.0 Å². The molecule has 7 heteroatoms. The maximum Gasteiger partial charge on any atom is 0.328 e. The highest BCUT2D eigenvalue weighted by Gasteiger charge is 2.47.